The van der Waals surface area contributed by atoms with E-state index in [1.807, 2.05) is 0 Å². The maximum Gasteiger partial charge on any atom is 0.302 e. The van der Waals surface area contributed by atoms with Crippen molar-refractivity contribution < 1.29 is 19.2 Å². The van der Waals surface area contributed by atoms with Crippen LogP contribution in [0, 0.1) is 10.1 Å². The molecule has 0 N–H and O–H groups in total. The second kappa shape index (κ2) is 7.93. The van der Waals surface area contributed by atoms with Gasteiger partial charge in [0.25, 0.3) is 0 Å². The highest BCUT2D eigenvalue weighted by Crippen LogP contribution is 2.16. The van der Waals surface area contributed by atoms with Gasteiger partial charge in [-0.1, -0.05) is 12.1 Å². The number of rotatable bonds is 7. The summed E-state index contributed by atoms with van der Waals surface area (Å²) >= 11 is 0. The molecule has 0 aliphatic carbocycles. The van der Waals surface area contributed by atoms with E-state index in [-0.39, 0.29) is 24.7 Å². The van der Waals surface area contributed by atoms with Crippen LogP contribution in [-0.4, -0.2) is 24.6 Å². The summed E-state index contributed by atoms with van der Waals surface area (Å²) in [6, 6.07) is 6.97. The van der Waals surface area contributed by atoms with Crippen molar-refractivity contribution in [1.82, 2.24) is 0 Å². The van der Waals surface area contributed by atoms with Gasteiger partial charge in [0.1, 0.15) is 5.75 Å². The van der Waals surface area contributed by atoms with Crippen LogP contribution in [0.15, 0.2) is 30.0 Å². The molecule has 0 atom stereocenters. The molecular weight excluding hydrogens is 262 g/mol. The lowest BCUT2D eigenvalue weighted by Gasteiger charge is -2.02. The highest BCUT2D eigenvalue weighted by atomic mass is 16.6. The lowest BCUT2D eigenvalue weighted by molar-refractivity contribution is -0.426. The van der Waals surface area contributed by atoms with E-state index in [2.05, 4.69) is 0 Å². The second-order valence-corrected chi connectivity index (χ2v) is 4.11. The van der Waals surface area contributed by atoms with E-state index in [0.29, 0.717) is 12.2 Å². The maximum atomic E-state index is 11.0. The Bertz CT molecular complexity index is 493. The van der Waals surface area contributed by atoms with E-state index in [1.165, 1.54) is 13.0 Å². The normalized spacial score (nSPS) is 11.0. The molecule has 1 rings (SSSR count). The summed E-state index contributed by atoms with van der Waals surface area (Å²) in [6.07, 6.45) is 2.17. The van der Waals surface area contributed by atoms with Gasteiger partial charge in [0.05, 0.1) is 18.6 Å². The third-order valence-electron chi connectivity index (χ3n) is 2.57. The number of hydrogen-bond acceptors (Lipinski definition) is 5. The number of carbonyl (C=O) groups excluding carboxylic acids is 1. The minimum absolute atomic E-state index is 0.0855. The van der Waals surface area contributed by atoms with Gasteiger partial charge in [-0.15, -0.1) is 0 Å². The van der Waals surface area contributed by atoms with Crippen LogP contribution in [0.1, 0.15) is 25.3 Å². The molecular formula is C14H17NO5. The fourth-order valence-electron chi connectivity index (χ4n) is 1.58. The van der Waals surface area contributed by atoms with Crippen LogP contribution in [0.2, 0.25) is 0 Å². The van der Waals surface area contributed by atoms with Gasteiger partial charge in [-0.25, -0.2) is 0 Å². The largest absolute Gasteiger partial charge is 0.497 e. The molecule has 0 bridgehead atoms. The number of hydrogen-bond donors (Lipinski definition) is 0. The Hall–Kier alpha value is -2.37. The average molecular weight is 279 g/mol. The molecule has 1 aromatic rings. The molecule has 0 heterocycles. The van der Waals surface area contributed by atoms with Crippen molar-refractivity contribution in [2.75, 3.05) is 13.7 Å². The van der Waals surface area contributed by atoms with Gasteiger partial charge >= 0.3 is 5.97 Å². The number of nitro groups is 1. The summed E-state index contributed by atoms with van der Waals surface area (Å²) in [5.41, 5.74) is 0.812. The van der Waals surface area contributed by atoms with Crippen molar-refractivity contribution in [2.45, 2.75) is 19.8 Å². The Kier molecular flexibility index (Phi) is 6.22. The van der Waals surface area contributed by atoms with E-state index >= 15 is 0 Å². The van der Waals surface area contributed by atoms with Crippen molar-refractivity contribution in [3.8, 4) is 5.75 Å². The van der Waals surface area contributed by atoms with Gasteiger partial charge in [-0.3, -0.25) is 14.9 Å². The molecule has 0 unspecified atom stereocenters. The zero-order valence-corrected chi connectivity index (χ0v) is 11.5. The zero-order valence-electron chi connectivity index (χ0n) is 11.5. The lowest BCUT2D eigenvalue weighted by atomic mass is 10.1. The van der Waals surface area contributed by atoms with Crippen LogP contribution in [0.5, 0.6) is 5.75 Å². The van der Waals surface area contributed by atoms with Gasteiger partial charge in [-0.2, -0.15) is 0 Å². The number of allylic oxidation sites excluding steroid dienone is 1. The van der Waals surface area contributed by atoms with E-state index in [1.54, 1.807) is 31.4 Å². The first-order chi connectivity index (χ1) is 9.52. The topological polar surface area (TPSA) is 78.7 Å². The first kappa shape index (κ1) is 15.7. The standard InChI is InChI=1S/C14H17NO5/c1-11(16)20-9-3-4-13(15(17)18)10-12-5-7-14(19-2)8-6-12/h5-8,10H,3-4,9H2,1-2H3. The quantitative estimate of drug-likeness (QED) is 0.332. The molecule has 0 radical (unpaired) electrons. The Morgan fingerprint density at radius 3 is 2.50 bits per heavy atom. The molecule has 6 nitrogen and oxygen atoms in total. The fourth-order valence-corrected chi connectivity index (χ4v) is 1.58. The van der Waals surface area contributed by atoms with E-state index in [4.69, 9.17) is 9.47 Å². The van der Waals surface area contributed by atoms with Crippen LogP contribution in [0.4, 0.5) is 0 Å². The zero-order chi connectivity index (χ0) is 15.0. The molecule has 0 aromatic heterocycles. The molecule has 6 heteroatoms. The minimum atomic E-state index is -0.419. The predicted octanol–water partition coefficient (Wildman–Crippen LogP) is 2.66. The van der Waals surface area contributed by atoms with Crippen molar-refractivity contribution in [3.63, 3.8) is 0 Å². The van der Waals surface area contributed by atoms with Crippen LogP contribution in [0.3, 0.4) is 0 Å². The Morgan fingerprint density at radius 1 is 1.35 bits per heavy atom. The fraction of sp³-hybridized carbons (Fsp3) is 0.357. The Labute approximate surface area is 117 Å². The number of benzene rings is 1. The van der Waals surface area contributed by atoms with Crippen LogP contribution >= 0.6 is 0 Å². The summed E-state index contributed by atoms with van der Waals surface area (Å²) in [4.78, 5) is 21.1. The summed E-state index contributed by atoms with van der Waals surface area (Å²) < 4.78 is 9.77. The highest BCUT2D eigenvalue weighted by molar-refractivity contribution is 5.65. The molecule has 0 spiro atoms. The van der Waals surface area contributed by atoms with Crippen LogP contribution in [-0.2, 0) is 9.53 Å². The monoisotopic (exact) mass is 279 g/mol. The SMILES string of the molecule is COc1ccc(C=C(CCCOC(C)=O)[N+](=O)[O-])cc1. The molecule has 0 aliphatic rings. The summed E-state index contributed by atoms with van der Waals surface area (Å²) in [5, 5.41) is 11.0. The number of esters is 1. The number of methoxy groups -OCH3 is 1. The smallest absolute Gasteiger partial charge is 0.302 e. The summed E-state index contributed by atoms with van der Waals surface area (Å²) in [6.45, 7) is 1.49. The molecule has 0 saturated carbocycles. The van der Waals surface area contributed by atoms with E-state index < -0.39 is 4.92 Å². The molecule has 1 aromatic carbocycles. The van der Waals surface area contributed by atoms with Crippen molar-refractivity contribution >= 4 is 12.0 Å². The molecule has 0 saturated heterocycles. The molecule has 0 aliphatic heterocycles. The van der Waals surface area contributed by atoms with Gasteiger partial charge in [0.15, 0.2) is 0 Å². The van der Waals surface area contributed by atoms with Gasteiger partial charge in [0.2, 0.25) is 5.70 Å². The van der Waals surface area contributed by atoms with Crippen LogP contribution < -0.4 is 4.74 Å². The Balaban J connectivity index is 2.66. The maximum absolute atomic E-state index is 11.0. The third kappa shape index (κ3) is 5.51. The van der Waals surface area contributed by atoms with Crippen molar-refractivity contribution in [3.05, 3.63) is 45.6 Å². The lowest BCUT2D eigenvalue weighted by Crippen LogP contribution is -2.04. The summed E-state index contributed by atoms with van der Waals surface area (Å²) in [7, 11) is 1.56. The number of nitrogens with zero attached hydrogens (tertiary/aromatic N) is 1. The number of ether oxygens (including phenoxy) is 2. The number of carbonyl (C=O) groups is 1. The second-order valence-electron chi connectivity index (χ2n) is 4.11. The van der Waals surface area contributed by atoms with Crippen molar-refractivity contribution in [2.24, 2.45) is 0 Å². The molecule has 0 amide bonds. The molecule has 0 fully saturated rings. The highest BCUT2D eigenvalue weighted by Gasteiger charge is 2.10. The average Bonchev–Trinajstić information content (AvgIpc) is 2.42. The van der Waals surface area contributed by atoms with Gasteiger partial charge in [0, 0.05) is 19.4 Å². The molecule has 108 valence electrons. The first-order valence-corrected chi connectivity index (χ1v) is 6.15. The first-order valence-electron chi connectivity index (χ1n) is 6.15. The minimum Gasteiger partial charge on any atom is -0.497 e. The van der Waals surface area contributed by atoms with E-state index in [9.17, 15) is 14.9 Å². The van der Waals surface area contributed by atoms with E-state index in [0.717, 1.165) is 5.56 Å². The summed E-state index contributed by atoms with van der Waals surface area (Å²) in [5.74, 6) is 0.312. The predicted molar refractivity (Wildman–Crippen MR) is 73.8 cm³/mol. The van der Waals surface area contributed by atoms with Crippen LogP contribution in [0.25, 0.3) is 6.08 Å². The van der Waals surface area contributed by atoms with Gasteiger partial charge < -0.3 is 9.47 Å². The van der Waals surface area contributed by atoms with Gasteiger partial charge in [-0.05, 0) is 24.1 Å². The third-order valence-corrected chi connectivity index (χ3v) is 2.57. The molecule has 20 heavy (non-hydrogen) atoms. The van der Waals surface area contributed by atoms with Crippen molar-refractivity contribution in [1.29, 1.82) is 0 Å². The Morgan fingerprint density at radius 2 is 2.00 bits per heavy atom.